The second kappa shape index (κ2) is 8.23. The van der Waals surface area contributed by atoms with E-state index in [1.165, 1.54) is 43.3 Å². The molecule has 0 atom stereocenters. The van der Waals surface area contributed by atoms with Crippen molar-refractivity contribution in [3.8, 4) is 6.07 Å². The van der Waals surface area contributed by atoms with Gasteiger partial charge in [0.05, 0.1) is 4.47 Å². The van der Waals surface area contributed by atoms with E-state index >= 15 is 0 Å². The zero-order valence-electron chi connectivity index (χ0n) is 14.0. The fourth-order valence-corrected chi connectivity index (χ4v) is 3.43. The van der Waals surface area contributed by atoms with E-state index in [1.807, 2.05) is 6.07 Å². The Hall–Kier alpha value is -2.53. The maximum Gasteiger partial charge on any atom is 0.269 e. The first-order chi connectivity index (χ1) is 12.6. The second-order valence-electron chi connectivity index (χ2n) is 6.19. The van der Waals surface area contributed by atoms with Crippen LogP contribution in [0, 0.1) is 23.1 Å². The SMILES string of the molecule is N#Cc1ncc(Br)c(N(CC2CCCC2)NC(=O)c2ccc(F)cc2)n1. The van der Waals surface area contributed by atoms with Crippen LogP contribution in [0.3, 0.4) is 0 Å². The van der Waals surface area contributed by atoms with Gasteiger partial charge < -0.3 is 0 Å². The van der Waals surface area contributed by atoms with Gasteiger partial charge in [-0.1, -0.05) is 12.8 Å². The molecule has 134 valence electrons. The van der Waals surface area contributed by atoms with E-state index in [0.717, 1.165) is 12.8 Å². The molecule has 1 aromatic heterocycles. The van der Waals surface area contributed by atoms with Crippen LogP contribution >= 0.6 is 15.9 Å². The van der Waals surface area contributed by atoms with Gasteiger partial charge in [0.1, 0.15) is 11.9 Å². The molecule has 1 fully saturated rings. The maximum atomic E-state index is 13.1. The Bertz CT molecular complexity index is 830. The van der Waals surface area contributed by atoms with Gasteiger partial charge in [-0.25, -0.2) is 9.37 Å². The molecular weight excluding hydrogens is 401 g/mol. The molecule has 0 radical (unpaired) electrons. The summed E-state index contributed by atoms with van der Waals surface area (Å²) >= 11 is 3.39. The molecule has 1 aliphatic rings. The topological polar surface area (TPSA) is 81.9 Å². The van der Waals surface area contributed by atoms with Gasteiger partial charge in [-0.2, -0.15) is 10.2 Å². The lowest BCUT2D eigenvalue weighted by Crippen LogP contribution is -2.45. The van der Waals surface area contributed by atoms with Crippen LogP contribution in [0.4, 0.5) is 10.2 Å². The molecule has 0 spiro atoms. The van der Waals surface area contributed by atoms with Crippen molar-refractivity contribution in [2.45, 2.75) is 25.7 Å². The van der Waals surface area contributed by atoms with Gasteiger partial charge in [0.15, 0.2) is 5.82 Å². The maximum absolute atomic E-state index is 13.1. The van der Waals surface area contributed by atoms with E-state index in [0.29, 0.717) is 28.3 Å². The van der Waals surface area contributed by atoms with Crippen molar-refractivity contribution in [2.75, 3.05) is 11.6 Å². The van der Waals surface area contributed by atoms with E-state index in [2.05, 4.69) is 31.3 Å². The summed E-state index contributed by atoms with van der Waals surface area (Å²) in [5.74, 6) is 0.110. The first kappa shape index (κ1) is 18.3. The fourth-order valence-electron chi connectivity index (χ4n) is 3.03. The molecule has 0 saturated heterocycles. The van der Waals surface area contributed by atoms with E-state index in [-0.39, 0.29) is 11.7 Å². The van der Waals surface area contributed by atoms with Crippen LogP contribution in [0.15, 0.2) is 34.9 Å². The highest BCUT2D eigenvalue weighted by atomic mass is 79.9. The number of hydrogen-bond acceptors (Lipinski definition) is 5. The summed E-state index contributed by atoms with van der Waals surface area (Å²) in [4.78, 5) is 20.7. The standard InChI is InChI=1S/C18H17BrFN5O/c19-15-10-22-16(9-21)23-17(15)25(11-12-3-1-2-4-12)24-18(26)13-5-7-14(20)8-6-13/h5-8,10,12H,1-4,11H2,(H,24,26). The third kappa shape index (κ3) is 4.35. The quantitative estimate of drug-likeness (QED) is 0.751. The molecule has 1 heterocycles. The largest absolute Gasteiger partial charge is 0.269 e. The van der Waals surface area contributed by atoms with Crippen LogP contribution in [0.2, 0.25) is 0 Å². The predicted octanol–water partition coefficient (Wildman–Crippen LogP) is 3.59. The van der Waals surface area contributed by atoms with Gasteiger partial charge in [-0.15, -0.1) is 0 Å². The van der Waals surface area contributed by atoms with Crippen LogP contribution in [0.5, 0.6) is 0 Å². The Labute approximate surface area is 159 Å². The minimum absolute atomic E-state index is 0.0238. The van der Waals surface area contributed by atoms with Crippen LogP contribution in [0.25, 0.3) is 0 Å². The number of rotatable bonds is 5. The monoisotopic (exact) mass is 417 g/mol. The highest BCUT2D eigenvalue weighted by Crippen LogP contribution is 2.29. The molecule has 1 aromatic carbocycles. The van der Waals surface area contributed by atoms with Crippen molar-refractivity contribution in [3.05, 3.63) is 52.1 Å². The van der Waals surface area contributed by atoms with E-state index in [1.54, 1.807) is 5.01 Å². The third-order valence-electron chi connectivity index (χ3n) is 4.34. The number of benzene rings is 1. The molecule has 26 heavy (non-hydrogen) atoms. The zero-order chi connectivity index (χ0) is 18.5. The Morgan fingerprint density at radius 1 is 1.35 bits per heavy atom. The smallest absolute Gasteiger partial charge is 0.267 e. The number of hydrazine groups is 1. The number of nitriles is 1. The molecule has 0 bridgehead atoms. The highest BCUT2D eigenvalue weighted by molar-refractivity contribution is 9.10. The zero-order valence-corrected chi connectivity index (χ0v) is 15.5. The summed E-state index contributed by atoms with van der Waals surface area (Å²) in [6, 6.07) is 7.24. The number of carbonyl (C=O) groups is 1. The highest BCUT2D eigenvalue weighted by Gasteiger charge is 2.23. The number of nitrogens with one attached hydrogen (secondary N) is 1. The number of hydrogen-bond donors (Lipinski definition) is 1. The van der Waals surface area contributed by atoms with Crippen molar-refractivity contribution >= 4 is 27.7 Å². The number of aromatic nitrogens is 2. The van der Waals surface area contributed by atoms with Gasteiger partial charge in [-0.3, -0.25) is 15.2 Å². The summed E-state index contributed by atoms with van der Waals surface area (Å²) in [5.41, 5.74) is 3.17. The third-order valence-corrected chi connectivity index (χ3v) is 4.90. The molecule has 1 N–H and O–H groups in total. The molecule has 3 rings (SSSR count). The molecule has 1 aliphatic carbocycles. The fraction of sp³-hybridized carbons (Fsp3) is 0.333. The summed E-state index contributed by atoms with van der Waals surface area (Å²) in [5, 5.41) is 10.7. The van der Waals surface area contributed by atoms with Crippen LogP contribution < -0.4 is 10.4 Å². The first-order valence-corrected chi connectivity index (χ1v) is 9.13. The average Bonchev–Trinajstić information content (AvgIpc) is 3.15. The lowest BCUT2D eigenvalue weighted by molar-refractivity contribution is 0.0946. The minimum atomic E-state index is -0.401. The van der Waals surface area contributed by atoms with Crippen LogP contribution in [-0.2, 0) is 0 Å². The van der Waals surface area contributed by atoms with Crippen molar-refractivity contribution in [2.24, 2.45) is 5.92 Å². The van der Waals surface area contributed by atoms with Gasteiger partial charge in [0.25, 0.3) is 5.91 Å². The summed E-state index contributed by atoms with van der Waals surface area (Å²) in [6.45, 7) is 0.577. The summed E-state index contributed by atoms with van der Waals surface area (Å²) < 4.78 is 13.7. The van der Waals surface area contributed by atoms with Crippen molar-refractivity contribution in [1.82, 2.24) is 15.4 Å². The number of anilines is 1. The number of carbonyl (C=O) groups excluding carboxylic acids is 1. The Kier molecular flexibility index (Phi) is 5.78. The molecule has 6 nitrogen and oxygen atoms in total. The second-order valence-corrected chi connectivity index (χ2v) is 7.04. The van der Waals surface area contributed by atoms with Crippen molar-refractivity contribution in [3.63, 3.8) is 0 Å². The molecule has 0 aliphatic heterocycles. The summed E-state index contributed by atoms with van der Waals surface area (Å²) in [6.07, 6.45) is 5.98. The van der Waals surface area contributed by atoms with Gasteiger partial charge in [-0.05, 0) is 59.0 Å². The Balaban J connectivity index is 1.86. The average molecular weight is 418 g/mol. The number of nitrogens with zero attached hydrogens (tertiary/aromatic N) is 4. The Morgan fingerprint density at radius 2 is 2.04 bits per heavy atom. The molecule has 0 unspecified atom stereocenters. The minimum Gasteiger partial charge on any atom is -0.267 e. The van der Waals surface area contributed by atoms with E-state index < -0.39 is 5.82 Å². The van der Waals surface area contributed by atoms with Crippen molar-refractivity contribution in [1.29, 1.82) is 5.26 Å². The summed E-state index contributed by atoms with van der Waals surface area (Å²) in [7, 11) is 0. The van der Waals surface area contributed by atoms with E-state index in [9.17, 15) is 9.18 Å². The van der Waals surface area contributed by atoms with Gasteiger partial charge in [0, 0.05) is 18.3 Å². The lowest BCUT2D eigenvalue weighted by Gasteiger charge is -2.27. The number of amides is 1. The van der Waals surface area contributed by atoms with Crippen LogP contribution in [-0.4, -0.2) is 22.4 Å². The lowest BCUT2D eigenvalue weighted by atomic mass is 10.1. The van der Waals surface area contributed by atoms with Crippen molar-refractivity contribution < 1.29 is 9.18 Å². The Morgan fingerprint density at radius 3 is 2.69 bits per heavy atom. The number of halogens is 2. The molecule has 8 heteroatoms. The first-order valence-electron chi connectivity index (χ1n) is 8.33. The van der Waals surface area contributed by atoms with E-state index in [4.69, 9.17) is 5.26 Å². The van der Waals surface area contributed by atoms with Crippen LogP contribution in [0.1, 0.15) is 41.9 Å². The molecule has 1 saturated carbocycles. The molecule has 2 aromatic rings. The molecular formula is C18H17BrFN5O. The normalized spacial score (nSPS) is 14.0. The predicted molar refractivity (Wildman–Crippen MR) is 97.6 cm³/mol. The van der Waals surface area contributed by atoms with Gasteiger partial charge in [0.2, 0.25) is 5.82 Å². The molecule has 1 amide bonds. The van der Waals surface area contributed by atoms with Gasteiger partial charge >= 0.3 is 0 Å².